The molecule has 1 aromatic heterocycles. The minimum atomic E-state index is -1.18. The van der Waals surface area contributed by atoms with E-state index in [4.69, 9.17) is 10.8 Å². The van der Waals surface area contributed by atoms with Crippen LogP contribution in [0.15, 0.2) is 23.0 Å². The molecule has 0 amide bonds. The number of rotatable bonds is 2. The van der Waals surface area contributed by atoms with E-state index in [1.165, 1.54) is 0 Å². The van der Waals surface area contributed by atoms with E-state index in [9.17, 15) is 9.59 Å². The zero-order valence-corrected chi connectivity index (χ0v) is 11.3. The lowest BCUT2D eigenvalue weighted by atomic mass is 10.1. The highest BCUT2D eigenvalue weighted by Gasteiger charge is 2.18. The van der Waals surface area contributed by atoms with Crippen LogP contribution in [0.2, 0.25) is 0 Å². The number of H-pyrrole nitrogens is 1. The van der Waals surface area contributed by atoms with E-state index in [1.54, 1.807) is 6.07 Å². The average Bonchev–Trinajstić information content (AvgIpc) is 2.49. The molecule has 3 rings (SSSR count). The van der Waals surface area contributed by atoms with E-state index in [2.05, 4.69) is 15.2 Å². The van der Waals surface area contributed by atoms with Crippen molar-refractivity contribution >= 4 is 28.2 Å². The number of carboxylic acids is 1. The predicted molar refractivity (Wildman–Crippen MR) is 81.0 cm³/mol. The Hall–Kier alpha value is -2.54. The summed E-state index contributed by atoms with van der Waals surface area (Å²) in [4.78, 5) is 28.3. The Labute approximate surface area is 120 Å². The number of nitrogens with two attached hydrogens (primary N) is 1. The van der Waals surface area contributed by atoms with E-state index in [1.807, 2.05) is 6.07 Å². The van der Waals surface area contributed by atoms with Gasteiger partial charge in [-0.1, -0.05) is 0 Å². The second-order valence-corrected chi connectivity index (χ2v) is 5.01. The molecule has 1 aliphatic rings. The van der Waals surface area contributed by atoms with Crippen LogP contribution in [-0.2, 0) is 0 Å². The molecule has 2 heterocycles. The van der Waals surface area contributed by atoms with Gasteiger partial charge < -0.3 is 26.0 Å². The first kappa shape index (κ1) is 13.4. The highest BCUT2D eigenvalue weighted by Crippen LogP contribution is 2.27. The zero-order valence-electron chi connectivity index (χ0n) is 11.3. The summed E-state index contributed by atoms with van der Waals surface area (Å²) in [6.45, 7) is 3.27. The van der Waals surface area contributed by atoms with Crippen LogP contribution in [0.1, 0.15) is 10.5 Å². The summed E-state index contributed by atoms with van der Waals surface area (Å²) in [6, 6.07) is 4.62. The number of fused-ring (bicyclic) bond motifs is 1. The molecule has 0 unspecified atom stereocenters. The third-order valence-electron chi connectivity index (χ3n) is 3.69. The molecule has 0 aliphatic carbocycles. The van der Waals surface area contributed by atoms with Crippen LogP contribution in [0.4, 0.5) is 11.4 Å². The third kappa shape index (κ3) is 2.31. The van der Waals surface area contributed by atoms with Crippen LogP contribution in [0.25, 0.3) is 10.9 Å². The largest absolute Gasteiger partial charge is 0.477 e. The fraction of sp³-hybridized carbons (Fsp3) is 0.286. The van der Waals surface area contributed by atoms with Gasteiger partial charge in [0.25, 0.3) is 0 Å². The summed E-state index contributed by atoms with van der Waals surface area (Å²) in [6.07, 6.45) is 0. The number of piperazine rings is 1. The molecule has 1 aliphatic heterocycles. The Morgan fingerprint density at radius 3 is 2.67 bits per heavy atom. The Balaban J connectivity index is 2.25. The maximum atomic E-state index is 12.3. The van der Waals surface area contributed by atoms with E-state index >= 15 is 0 Å². The average molecular weight is 288 g/mol. The summed E-state index contributed by atoms with van der Waals surface area (Å²) in [5.41, 5.74) is 6.95. The summed E-state index contributed by atoms with van der Waals surface area (Å²) in [5.74, 6) is -1.18. The molecule has 1 saturated heterocycles. The lowest BCUT2D eigenvalue weighted by Gasteiger charge is -2.30. The number of pyridine rings is 1. The molecule has 0 bridgehead atoms. The molecule has 1 aromatic carbocycles. The number of hydrogen-bond acceptors (Lipinski definition) is 5. The number of benzene rings is 1. The predicted octanol–water partition coefficient (Wildman–Crippen LogP) is 0.218. The fourth-order valence-electron chi connectivity index (χ4n) is 2.65. The molecule has 7 heteroatoms. The molecule has 5 N–H and O–H groups in total. The number of carbonyl (C=O) groups is 1. The molecular weight excluding hydrogens is 272 g/mol. The number of aromatic nitrogens is 1. The van der Waals surface area contributed by atoms with Gasteiger partial charge >= 0.3 is 5.97 Å². The Morgan fingerprint density at radius 2 is 2.00 bits per heavy atom. The van der Waals surface area contributed by atoms with Gasteiger partial charge in [0.1, 0.15) is 5.69 Å². The van der Waals surface area contributed by atoms with Gasteiger partial charge in [0.05, 0.1) is 22.3 Å². The lowest BCUT2D eigenvalue weighted by molar-refractivity contribution is 0.0691. The second kappa shape index (κ2) is 5.10. The van der Waals surface area contributed by atoms with Gasteiger partial charge in [-0.25, -0.2) is 4.79 Å². The van der Waals surface area contributed by atoms with Gasteiger partial charge in [-0.05, 0) is 12.1 Å². The number of carboxylic acid groups (broad SMARTS) is 1. The molecule has 21 heavy (non-hydrogen) atoms. The standard InChI is InChI=1S/C14H16N4O3/c15-8-1-2-10(18-5-3-16-4-6-18)12-11(19)7-9(14(20)21)17-13(8)12/h1-2,7,16H,3-6,15H2,(H,17,19)(H,20,21). The molecule has 0 radical (unpaired) electrons. The fourth-order valence-corrected chi connectivity index (χ4v) is 2.65. The van der Waals surface area contributed by atoms with Gasteiger partial charge in [0.2, 0.25) is 0 Å². The first-order valence-electron chi connectivity index (χ1n) is 6.72. The van der Waals surface area contributed by atoms with Crippen molar-refractivity contribution in [2.24, 2.45) is 0 Å². The smallest absolute Gasteiger partial charge is 0.352 e. The molecule has 0 atom stereocenters. The molecular formula is C14H16N4O3. The summed E-state index contributed by atoms with van der Waals surface area (Å²) < 4.78 is 0. The molecule has 2 aromatic rings. The Bertz CT molecular complexity index is 763. The quantitative estimate of drug-likeness (QED) is 0.588. The van der Waals surface area contributed by atoms with Crippen LogP contribution >= 0.6 is 0 Å². The SMILES string of the molecule is Nc1ccc(N2CCNCC2)c2c(=O)cc(C(=O)O)[nH]c12. The lowest BCUT2D eigenvalue weighted by Crippen LogP contribution is -2.43. The van der Waals surface area contributed by atoms with Crippen molar-refractivity contribution in [2.45, 2.75) is 0 Å². The van der Waals surface area contributed by atoms with Crippen molar-refractivity contribution in [3.05, 3.63) is 34.1 Å². The van der Waals surface area contributed by atoms with E-state index < -0.39 is 5.97 Å². The minimum absolute atomic E-state index is 0.156. The van der Waals surface area contributed by atoms with Gasteiger partial charge in [-0.15, -0.1) is 0 Å². The molecule has 7 nitrogen and oxygen atoms in total. The van der Waals surface area contributed by atoms with Crippen LogP contribution in [0.3, 0.4) is 0 Å². The number of aromatic carboxylic acids is 1. The number of anilines is 2. The normalized spacial score (nSPS) is 15.3. The Morgan fingerprint density at radius 1 is 1.29 bits per heavy atom. The van der Waals surface area contributed by atoms with Crippen molar-refractivity contribution < 1.29 is 9.90 Å². The van der Waals surface area contributed by atoms with Crippen molar-refractivity contribution in [3.8, 4) is 0 Å². The topological polar surface area (TPSA) is 111 Å². The number of aromatic amines is 1. The zero-order chi connectivity index (χ0) is 15.0. The maximum Gasteiger partial charge on any atom is 0.352 e. The number of nitrogen functional groups attached to an aromatic ring is 1. The molecule has 1 fully saturated rings. The van der Waals surface area contributed by atoms with Crippen molar-refractivity contribution in [1.29, 1.82) is 0 Å². The molecule has 0 saturated carbocycles. The number of nitrogens with zero attached hydrogens (tertiary/aromatic N) is 1. The Kier molecular flexibility index (Phi) is 3.26. The maximum absolute atomic E-state index is 12.3. The van der Waals surface area contributed by atoms with Crippen molar-refractivity contribution in [1.82, 2.24) is 10.3 Å². The summed E-state index contributed by atoms with van der Waals surface area (Å²) in [5, 5.41) is 12.7. The van der Waals surface area contributed by atoms with Crippen molar-refractivity contribution in [2.75, 3.05) is 36.8 Å². The van der Waals surface area contributed by atoms with Gasteiger partial charge in [0.15, 0.2) is 5.43 Å². The van der Waals surface area contributed by atoms with E-state index in [0.29, 0.717) is 16.6 Å². The monoisotopic (exact) mass is 288 g/mol. The minimum Gasteiger partial charge on any atom is -0.477 e. The first-order valence-corrected chi connectivity index (χ1v) is 6.72. The van der Waals surface area contributed by atoms with Gasteiger partial charge in [0, 0.05) is 32.2 Å². The summed E-state index contributed by atoms with van der Waals surface area (Å²) in [7, 11) is 0. The summed E-state index contributed by atoms with van der Waals surface area (Å²) >= 11 is 0. The molecule has 0 spiro atoms. The second-order valence-electron chi connectivity index (χ2n) is 5.01. The van der Waals surface area contributed by atoms with Crippen LogP contribution < -0.4 is 21.4 Å². The van der Waals surface area contributed by atoms with E-state index in [0.717, 1.165) is 37.9 Å². The van der Waals surface area contributed by atoms with E-state index in [-0.39, 0.29) is 11.1 Å². The highest BCUT2D eigenvalue weighted by atomic mass is 16.4. The first-order chi connectivity index (χ1) is 10.1. The van der Waals surface area contributed by atoms with Crippen LogP contribution in [0, 0.1) is 0 Å². The van der Waals surface area contributed by atoms with Crippen LogP contribution in [0.5, 0.6) is 0 Å². The number of hydrogen-bond donors (Lipinski definition) is 4. The van der Waals surface area contributed by atoms with Crippen molar-refractivity contribution in [3.63, 3.8) is 0 Å². The van der Waals surface area contributed by atoms with Gasteiger partial charge in [-0.3, -0.25) is 4.79 Å². The molecule has 110 valence electrons. The number of nitrogens with one attached hydrogen (secondary N) is 2. The van der Waals surface area contributed by atoms with Crippen LogP contribution in [-0.4, -0.2) is 42.2 Å². The third-order valence-corrected chi connectivity index (χ3v) is 3.69. The highest BCUT2D eigenvalue weighted by molar-refractivity contribution is 6.00. The van der Waals surface area contributed by atoms with Gasteiger partial charge in [-0.2, -0.15) is 0 Å².